The zero-order chi connectivity index (χ0) is 18.1. The molecule has 1 amide bonds. The molecular weight excluding hydrogens is 379 g/mol. The largest absolute Gasteiger partial charge is 0.356 e. The summed E-state index contributed by atoms with van der Waals surface area (Å²) in [5.74, 6) is 0.0472. The summed E-state index contributed by atoms with van der Waals surface area (Å²) in [4.78, 5) is 11.8. The Balaban J connectivity index is 1.55. The number of nitrogens with one attached hydrogen (secondary N) is 2. The van der Waals surface area contributed by atoms with Crippen LogP contribution in [-0.4, -0.2) is 25.5 Å². The Labute approximate surface area is 163 Å². The van der Waals surface area contributed by atoms with Crippen LogP contribution < -0.4 is 10.6 Å². The Morgan fingerprint density at radius 2 is 1.56 bits per heavy atom. The summed E-state index contributed by atoms with van der Waals surface area (Å²) in [5.41, 5.74) is 2.20. The number of carbonyl (C=O) groups is 1. The van der Waals surface area contributed by atoms with Crippen LogP contribution in [0.25, 0.3) is 0 Å². The van der Waals surface area contributed by atoms with Gasteiger partial charge in [-0.3, -0.25) is 4.79 Å². The predicted molar refractivity (Wildman–Crippen MR) is 106 cm³/mol. The first-order valence-electron chi connectivity index (χ1n) is 8.20. The predicted octanol–water partition coefficient (Wildman–Crippen LogP) is 4.53. The van der Waals surface area contributed by atoms with Crippen molar-refractivity contribution in [1.29, 1.82) is 0 Å². The van der Waals surface area contributed by atoms with Crippen LogP contribution in [0, 0.1) is 0 Å². The van der Waals surface area contributed by atoms with Crippen molar-refractivity contribution >= 4 is 40.7 Å². The average molecular weight is 400 g/mol. The van der Waals surface area contributed by atoms with Gasteiger partial charge in [-0.25, -0.2) is 0 Å². The molecule has 2 aromatic carbocycles. The molecule has 0 aliphatic heterocycles. The van der Waals surface area contributed by atoms with Crippen molar-refractivity contribution in [3.8, 4) is 0 Å². The third-order valence-corrected chi connectivity index (χ3v) is 4.60. The normalized spacial score (nSPS) is 10.7. The minimum Gasteiger partial charge on any atom is -0.356 e. The lowest BCUT2D eigenvalue weighted by molar-refractivity contribution is -0.120. The first-order valence-corrected chi connectivity index (χ1v) is 9.34. The first-order chi connectivity index (χ1) is 12.0. The molecule has 25 heavy (non-hydrogen) atoms. The van der Waals surface area contributed by atoms with E-state index >= 15 is 0 Å². The van der Waals surface area contributed by atoms with E-state index in [9.17, 15) is 4.79 Å². The van der Waals surface area contributed by atoms with E-state index in [4.69, 9.17) is 34.8 Å². The summed E-state index contributed by atoms with van der Waals surface area (Å²) in [6.07, 6.45) is 2.05. The van der Waals surface area contributed by atoms with E-state index in [0.717, 1.165) is 35.5 Å². The van der Waals surface area contributed by atoms with Crippen molar-refractivity contribution in [1.82, 2.24) is 10.6 Å². The fourth-order valence-electron chi connectivity index (χ4n) is 2.36. The van der Waals surface area contributed by atoms with Gasteiger partial charge in [0.05, 0.1) is 0 Å². The van der Waals surface area contributed by atoms with E-state index in [-0.39, 0.29) is 5.91 Å². The van der Waals surface area contributed by atoms with E-state index in [2.05, 4.69) is 10.6 Å². The van der Waals surface area contributed by atoms with E-state index in [1.165, 1.54) is 0 Å². The number of hydrogen-bond donors (Lipinski definition) is 2. The highest BCUT2D eigenvalue weighted by Crippen LogP contribution is 2.21. The van der Waals surface area contributed by atoms with Crippen LogP contribution in [0.2, 0.25) is 15.1 Å². The second kappa shape index (κ2) is 10.7. The smallest absolute Gasteiger partial charge is 0.221 e. The molecule has 0 radical (unpaired) electrons. The quantitative estimate of drug-likeness (QED) is 0.608. The lowest BCUT2D eigenvalue weighted by Crippen LogP contribution is -2.29. The van der Waals surface area contributed by atoms with Crippen LogP contribution in [-0.2, 0) is 17.6 Å². The molecule has 0 atom stereocenters. The SMILES string of the molecule is O=C(CCNCCc1ccc(Cl)cc1Cl)NCCc1ccc(Cl)cc1. The van der Waals surface area contributed by atoms with E-state index in [0.29, 0.717) is 29.6 Å². The van der Waals surface area contributed by atoms with Gasteiger partial charge >= 0.3 is 0 Å². The van der Waals surface area contributed by atoms with Gasteiger partial charge in [0.15, 0.2) is 0 Å². The topological polar surface area (TPSA) is 41.1 Å². The van der Waals surface area contributed by atoms with Gasteiger partial charge in [-0.15, -0.1) is 0 Å². The van der Waals surface area contributed by atoms with Crippen LogP contribution in [0.15, 0.2) is 42.5 Å². The highest BCUT2D eigenvalue weighted by Gasteiger charge is 2.03. The molecule has 6 heteroatoms. The molecule has 0 saturated carbocycles. The molecule has 3 nitrogen and oxygen atoms in total. The number of rotatable bonds is 9. The Bertz CT molecular complexity index is 690. The van der Waals surface area contributed by atoms with Crippen LogP contribution >= 0.6 is 34.8 Å². The number of amides is 1. The Kier molecular flexibility index (Phi) is 8.56. The molecule has 0 fully saturated rings. The van der Waals surface area contributed by atoms with Gasteiger partial charge < -0.3 is 10.6 Å². The van der Waals surface area contributed by atoms with Gasteiger partial charge in [0.2, 0.25) is 5.91 Å². The van der Waals surface area contributed by atoms with Crippen molar-refractivity contribution in [2.24, 2.45) is 0 Å². The highest BCUT2D eigenvalue weighted by atomic mass is 35.5. The fraction of sp³-hybridized carbons (Fsp3) is 0.316. The second-order valence-electron chi connectivity index (χ2n) is 5.71. The molecule has 0 heterocycles. The zero-order valence-electron chi connectivity index (χ0n) is 13.8. The molecule has 2 N–H and O–H groups in total. The molecule has 0 aromatic heterocycles. The molecule has 0 unspecified atom stereocenters. The highest BCUT2D eigenvalue weighted by molar-refractivity contribution is 6.35. The maximum Gasteiger partial charge on any atom is 0.221 e. The van der Waals surface area contributed by atoms with E-state index in [1.54, 1.807) is 6.07 Å². The summed E-state index contributed by atoms with van der Waals surface area (Å²) in [6, 6.07) is 13.2. The molecule has 134 valence electrons. The van der Waals surface area contributed by atoms with E-state index < -0.39 is 0 Å². The summed E-state index contributed by atoms with van der Waals surface area (Å²) >= 11 is 17.8. The van der Waals surface area contributed by atoms with Crippen molar-refractivity contribution < 1.29 is 4.79 Å². The average Bonchev–Trinajstić information content (AvgIpc) is 2.58. The number of carbonyl (C=O) groups excluding carboxylic acids is 1. The Morgan fingerprint density at radius 3 is 2.28 bits per heavy atom. The van der Waals surface area contributed by atoms with Crippen molar-refractivity contribution in [2.75, 3.05) is 19.6 Å². The molecule has 0 saturated heterocycles. The van der Waals surface area contributed by atoms with Gasteiger partial charge in [-0.05, 0) is 54.8 Å². The number of hydrogen-bond acceptors (Lipinski definition) is 2. The third-order valence-electron chi connectivity index (χ3n) is 3.76. The molecule has 2 rings (SSSR count). The van der Waals surface area contributed by atoms with Crippen molar-refractivity contribution in [3.63, 3.8) is 0 Å². The zero-order valence-corrected chi connectivity index (χ0v) is 16.1. The minimum absolute atomic E-state index is 0.0472. The van der Waals surface area contributed by atoms with Gasteiger partial charge in [0, 0.05) is 34.6 Å². The summed E-state index contributed by atoms with van der Waals surface area (Å²) < 4.78 is 0. The van der Waals surface area contributed by atoms with Crippen LogP contribution in [0.4, 0.5) is 0 Å². The van der Waals surface area contributed by atoms with Gasteiger partial charge in [-0.2, -0.15) is 0 Å². The van der Waals surface area contributed by atoms with Crippen LogP contribution in [0.5, 0.6) is 0 Å². The molecule has 0 aliphatic rings. The third kappa shape index (κ3) is 7.66. The van der Waals surface area contributed by atoms with Crippen molar-refractivity contribution in [2.45, 2.75) is 19.3 Å². The standard InChI is InChI=1S/C19H21Cl3N2O/c20-16-4-1-14(2-5-16)7-12-24-19(25)9-11-23-10-8-15-3-6-17(21)13-18(15)22/h1-6,13,23H,7-12H2,(H,24,25). The lowest BCUT2D eigenvalue weighted by Gasteiger charge is -2.08. The molecule has 0 bridgehead atoms. The van der Waals surface area contributed by atoms with Gasteiger partial charge in [-0.1, -0.05) is 53.0 Å². The van der Waals surface area contributed by atoms with Gasteiger partial charge in [0.25, 0.3) is 0 Å². The number of halogens is 3. The molecule has 0 spiro atoms. The van der Waals surface area contributed by atoms with Crippen molar-refractivity contribution in [3.05, 3.63) is 68.7 Å². The lowest BCUT2D eigenvalue weighted by atomic mass is 10.1. The maximum atomic E-state index is 11.8. The monoisotopic (exact) mass is 398 g/mol. The molecule has 2 aromatic rings. The van der Waals surface area contributed by atoms with Crippen LogP contribution in [0.3, 0.4) is 0 Å². The summed E-state index contributed by atoms with van der Waals surface area (Å²) in [5, 5.41) is 8.21. The Hall–Kier alpha value is -1.26. The van der Waals surface area contributed by atoms with Gasteiger partial charge in [0.1, 0.15) is 0 Å². The Morgan fingerprint density at radius 1 is 0.840 bits per heavy atom. The molecular formula is C19H21Cl3N2O. The fourth-order valence-corrected chi connectivity index (χ4v) is 2.99. The summed E-state index contributed by atoms with van der Waals surface area (Å²) in [7, 11) is 0. The van der Waals surface area contributed by atoms with E-state index in [1.807, 2.05) is 36.4 Å². The first kappa shape index (κ1) is 20.1. The minimum atomic E-state index is 0.0472. The van der Waals surface area contributed by atoms with Crippen LogP contribution in [0.1, 0.15) is 17.5 Å². The number of benzene rings is 2. The summed E-state index contributed by atoms with van der Waals surface area (Å²) in [6.45, 7) is 2.03. The molecule has 0 aliphatic carbocycles. The maximum absolute atomic E-state index is 11.8. The second-order valence-corrected chi connectivity index (χ2v) is 6.99.